The molecule has 4 rings (SSSR count). The van der Waals surface area contributed by atoms with E-state index in [1.165, 1.54) is 0 Å². The van der Waals surface area contributed by atoms with E-state index in [0.717, 1.165) is 21.4 Å². The number of para-hydroxylation sites is 1. The topological polar surface area (TPSA) is 47.2 Å². The molecule has 7 heteroatoms. The summed E-state index contributed by atoms with van der Waals surface area (Å²) >= 11 is 5.07. The molecular formula is C21H20BrN3O2S. The van der Waals surface area contributed by atoms with Crippen molar-refractivity contribution in [1.82, 2.24) is 9.36 Å². The number of nitrogens with zero attached hydrogens (tertiary/aromatic N) is 3. The maximum absolute atomic E-state index is 13.4. The molecule has 28 heavy (non-hydrogen) atoms. The van der Waals surface area contributed by atoms with Crippen LogP contribution in [0.2, 0.25) is 0 Å². The Morgan fingerprint density at radius 1 is 1.04 bits per heavy atom. The first kappa shape index (κ1) is 19.1. The summed E-state index contributed by atoms with van der Waals surface area (Å²) in [4.78, 5) is 28.2. The summed E-state index contributed by atoms with van der Waals surface area (Å²) in [5.41, 5.74) is 2.78. The van der Waals surface area contributed by atoms with Gasteiger partial charge in [0.05, 0.1) is 16.6 Å². The van der Waals surface area contributed by atoms with Gasteiger partial charge in [-0.3, -0.25) is 19.2 Å². The van der Waals surface area contributed by atoms with E-state index in [1.807, 2.05) is 80.2 Å². The molecule has 1 amide bonds. The van der Waals surface area contributed by atoms with Crippen LogP contribution in [0.3, 0.4) is 0 Å². The molecule has 1 aliphatic rings. The van der Waals surface area contributed by atoms with Crippen molar-refractivity contribution in [2.75, 3.05) is 4.90 Å². The largest absolute Gasteiger partial charge is 0.295 e. The molecule has 5 nitrogen and oxygen atoms in total. The number of benzene rings is 2. The Morgan fingerprint density at radius 2 is 1.75 bits per heavy atom. The lowest BCUT2D eigenvalue weighted by Crippen LogP contribution is -2.34. The Kier molecular flexibility index (Phi) is 4.97. The van der Waals surface area contributed by atoms with Crippen LogP contribution < -0.4 is 10.5 Å². The predicted octanol–water partition coefficient (Wildman–Crippen LogP) is 4.41. The van der Waals surface area contributed by atoms with E-state index < -0.39 is 0 Å². The van der Waals surface area contributed by atoms with E-state index in [0.29, 0.717) is 5.69 Å². The fourth-order valence-electron chi connectivity index (χ4n) is 3.57. The minimum absolute atomic E-state index is 0.0408. The van der Waals surface area contributed by atoms with Gasteiger partial charge in [-0.15, -0.1) is 11.8 Å². The third-order valence-corrected chi connectivity index (χ3v) is 6.90. The summed E-state index contributed by atoms with van der Waals surface area (Å²) in [5.74, 6) is -0.0408. The molecule has 2 heterocycles. The van der Waals surface area contributed by atoms with Gasteiger partial charge in [-0.2, -0.15) is 0 Å². The van der Waals surface area contributed by atoms with Crippen molar-refractivity contribution in [3.63, 3.8) is 0 Å². The first-order valence-corrected chi connectivity index (χ1v) is 10.7. The lowest BCUT2D eigenvalue weighted by molar-refractivity contribution is -0.117. The highest BCUT2D eigenvalue weighted by Crippen LogP contribution is 2.45. The van der Waals surface area contributed by atoms with Gasteiger partial charge in [-0.1, -0.05) is 46.3 Å². The number of hydrogen-bond donors (Lipinski definition) is 0. The lowest BCUT2D eigenvalue weighted by atomic mass is 10.2. The number of hydrogen-bond acceptors (Lipinski definition) is 3. The molecule has 0 spiro atoms. The highest BCUT2D eigenvalue weighted by Gasteiger charge is 2.42. The monoisotopic (exact) mass is 457 g/mol. The highest BCUT2D eigenvalue weighted by molar-refractivity contribution is 9.10. The maximum Gasteiger partial charge on any atom is 0.295 e. The van der Waals surface area contributed by atoms with Gasteiger partial charge in [0, 0.05) is 11.5 Å². The number of amides is 1. The molecule has 1 saturated heterocycles. The second kappa shape index (κ2) is 7.29. The zero-order valence-corrected chi connectivity index (χ0v) is 18.2. The Bertz CT molecular complexity index is 1110. The zero-order valence-electron chi connectivity index (χ0n) is 15.8. The van der Waals surface area contributed by atoms with E-state index in [9.17, 15) is 9.59 Å². The van der Waals surface area contributed by atoms with E-state index in [2.05, 4.69) is 15.9 Å². The SMILES string of the molecule is Cc1c(N2C(=O)[C@@H](C)S[C@@H]2c2cccc(Br)c2)c(=O)n(-c2ccccc2)n1C. The van der Waals surface area contributed by atoms with Crippen molar-refractivity contribution in [1.29, 1.82) is 0 Å². The highest BCUT2D eigenvalue weighted by atomic mass is 79.9. The van der Waals surface area contributed by atoms with Gasteiger partial charge in [-0.05, 0) is 43.7 Å². The quantitative estimate of drug-likeness (QED) is 0.584. The third-order valence-electron chi connectivity index (χ3n) is 5.05. The van der Waals surface area contributed by atoms with E-state index in [-0.39, 0.29) is 22.1 Å². The van der Waals surface area contributed by atoms with E-state index in [1.54, 1.807) is 21.3 Å². The smallest absolute Gasteiger partial charge is 0.288 e. The fourth-order valence-corrected chi connectivity index (χ4v) is 5.24. The minimum atomic E-state index is -0.238. The van der Waals surface area contributed by atoms with Crippen LogP contribution in [-0.4, -0.2) is 20.5 Å². The first-order valence-electron chi connectivity index (χ1n) is 8.98. The van der Waals surface area contributed by atoms with Crippen LogP contribution in [0.25, 0.3) is 5.69 Å². The van der Waals surface area contributed by atoms with Crippen LogP contribution in [0.4, 0.5) is 5.69 Å². The van der Waals surface area contributed by atoms with Crippen molar-refractivity contribution in [2.45, 2.75) is 24.5 Å². The summed E-state index contributed by atoms with van der Waals surface area (Å²) < 4.78 is 4.37. The van der Waals surface area contributed by atoms with Crippen LogP contribution in [0.5, 0.6) is 0 Å². The molecule has 0 bridgehead atoms. The standard InChI is InChI=1S/C21H20BrN3O2S/c1-13-18(20(27)25(23(13)3)17-10-5-4-6-11-17)24-19(26)14(2)28-21(24)15-8-7-9-16(22)12-15/h4-12,14,21H,1-3H3/t14-,21-/m1/s1. The summed E-state index contributed by atoms with van der Waals surface area (Å²) in [7, 11) is 1.85. The third kappa shape index (κ3) is 3.02. The average molecular weight is 458 g/mol. The summed E-state index contributed by atoms with van der Waals surface area (Å²) in [5, 5.41) is -0.453. The molecule has 1 fully saturated rings. The van der Waals surface area contributed by atoms with Gasteiger partial charge in [-0.25, -0.2) is 4.68 Å². The van der Waals surface area contributed by atoms with E-state index >= 15 is 0 Å². The Morgan fingerprint density at radius 3 is 2.43 bits per heavy atom. The molecule has 144 valence electrons. The molecular weight excluding hydrogens is 438 g/mol. The van der Waals surface area contributed by atoms with Crippen LogP contribution in [0, 0.1) is 6.92 Å². The van der Waals surface area contributed by atoms with Gasteiger partial charge in [0.15, 0.2) is 0 Å². The maximum atomic E-state index is 13.4. The number of carbonyl (C=O) groups excluding carboxylic acids is 1. The minimum Gasteiger partial charge on any atom is -0.288 e. The average Bonchev–Trinajstić information content (AvgIpc) is 3.09. The molecule has 1 aromatic heterocycles. The van der Waals surface area contributed by atoms with Crippen molar-refractivity contribution < 1.29 is 4.79 Å². The number of carbonyl (C=O) groups is 1. The fraction of sp³-hybridized carbons (Fsp3) is 0.238. The summed E-state index contributed by atoms with van der Waals surface area (Å²) in [6.45, 7) is 3.78. The Labute approximate surface area is 176 Å². The molecule has 0 aliphatic carbocycles. The number of anilines is 1. The van der Waals surface area contributed by atoms with Crippen LogP contribution in [0.1, 0.15) is 23.6 Å². The van der Waals surface area contributed by atoms with Gasteiger partial charge < -0.3 is 0 Å². The van der Waals surface area contributed by atoms with Crippen LogP contribution in [-0.2, 0) is 11.8 Å². The molecule has 3 aromatic rings. The molecule has 2 atom stereocenters. The van der Waals surface area contributed by atoms with Crippen molar-refractivity contribution in [3.05, 3.63) is 80.7 Å². The first-order chi connectivity index (χ1) is 13.4. The number of thioether (sulfide) groups is 1. The molecule has 1 aliphatic heterocycles. The summed E-state index contributed by atoms with van der Waals surface area (Å²) in [6, 6.07) is 17.4. The second-order valence-electron chi connectivity index (χ2n) is 6.80. The molecule has 0 N–H and O–H groups in total. The van der Waals surface area contributed by atoms with Gasteiger partial charge >= 0.3 is 0 Å². The van der Waals surface area contributed by atoms with Gasteiger partial charge in [0.25, 0.3) is 5.56 Å². The lowest BCUT2D eigenvalue weighted by Gasteiger charge is -2.23. The number of halogens is 1. The van der Waals surface area contributed by atoms with Gasteiger partial charge in [0.1, 0.15) is 11.1 Å². The molecule has 0 saturated carbocycles. The number of rotatable bonds is 3. The Hall–Kier alpha value is -2.25. The Balaban J connectivity index is 1.89. The van der Waals surface area contributed by atoms with Gasteiger partial charge in [0.2, 0.25) is 5.91 Å². The summed E-state index contributed by atoms with van der Waals surface area (Å²) in [6.07, 6.45) is 0. The molecule has 0 radical (unpaired) electrons. The van der Waals surface area contributed by atoms with Crippen molar-refractivity contribution >= 4 is 39.3 Å². The van der Waals surface area contributed by atoms with Crippen LogP contribution in [0.15, 0.2) is 63.9 Å². The zero-order chi connectivity index (χ0) is 20.0. The van der Waals surface area contributed by atoms with Crippen molar-refractivity contribution in [2.24, 2.45) is 7.05 Å². The van der Waals surface area contributed by atoms with Crippen LogP contribution >= 0.6 is 27.7 Å². The predicted molar refractivity (Wildman–Crippen MR) is 117 cm³/mol. The normalized spacial score (nSPS) is 19.4. The molecule has 0 unspecified atom stereocenters. The van der Waals surface area contributed by atoms with E-state index in [4.69, 9.17) is 0 Å². The second-order valence-corrected chi connectivity index (χ2v) is 9.15. The van der Waals surface area contributed by atoms with Crippen molar-refractivity contribution in [3.8, 4) is 5.69 Å². The number of aromatic nitrogens is 2. The molecule has 2 aromatic carbocycles.